The third-order valence-corrected chi connectivity index (χ3v) is 5.72. The first-order valence-corrected chi connectivity index (χ1v) is 11.5. The number of hydrogen-bond donors (Lipinski definition) is 1. The molecule has 1 fully saturated rings. The number of hydrogen-bond acceptors (Lipinski definition) is 6. The molecule has 0 aliphatic carbocycles. The van der Waals surface area contributed by atoms with Gasteiger partial charge in [-0.3, -0.25) is 14.4 Å². The topological polar surface area (TPSA) is 94.2 Å². The van der Waals surface area contributed by atoms with Crippen LogP contribution in [0.4, 0.5) is 24.5 Å². The molecule has 0 spiro atoms. The first-order valence-electron chi connectivity index (χ1n) is 11.5. The van der Waals surface area contributed by atoms with E-state index in [-0.39, 0.29) is 24.6 Å². The van der Waals surface area contributed by atoms with Gasteiger partial charge in [0.2, 0.25) is 5.91 Å². The van der Waals surface area contributed by atoms with Gasteiger partial charge >= 0.3 is 12.1 Å². The summed E-state index contributed by atoms with van der Waals surface area (Å²) in [5.41, 5.74) is -0.447. The summed E-state index contributed by atoms with van der Waals surface area (Å²) in [6, 6.07) is 18.0. The third-order valence-electron chi connectivity index (χ3n) is 5.72. The van der Waals surface area contributed by atoms with Crippen molar-refractivity contribution < 1.29 is 41.8 Å². The number of methoxy groups -OCH3 is 1. The second-order valence-electron chi connectivity index (χ2n) is 8.39. The van der Waals surface area contributed by atoms with E-state index in [0.29, 0.717) is 22.9 Å². The van der Waals surface area contributed by atoms with E-state index in [4.69, 9.17) is 14.2 Å². The Morgan fingerprint density at radius 3 is 2.39 bits per heavy atom. The maximum Gasteiger partial charge on any atom is 0.416 e. The SMILES string of the molecule is COc1ccccc1Oc1ccc(N2C[C@@H](C(=O)OCC(=O)Nc3cccc(C(F)(F)F)c3)CC2=O)cc1. The van der Waals surface area contributed by atoms with Gasteiger partial charge in [0.1, 0.15) is 5.75 Å². The fraction of sp³-hybridized carbons (Fsp3) is 0.222. The van der Waals surface area contributed by atoms with Crippen LogP contribution in [0.15, 0.2) is 72.8 Å². The number of alkyl halides is 3. The van der Waals surface area contributed by atoms with Crippen LogP contribution < -0.4 is 19.7 Å². The van der Waals surface area contributed by atoms with Crippen molar-refractivity contribution in [3.63, 3.8) is 0 Å². The van der Waals surface area contributed by atoms with Gasteiger partial charge in [0.15, 0.2) is 18.1 Å². The predicted molar refractivity (Wildman–Crippen MR) is 131 cm³/mol. The highest BCUT2D eigenvalue weighted by Gasteiger charge is 2.36. The fourth-order valence-electron chi connectivity index (χ4n) is 3.86. The van der Waals surface area contributed by atoms with Crippen LogP contribution in [-0.2, 0) is 25.3 Å². The Morgan fingerprint density at radius 2 is 1.71 bits per heavy atom. The van der Waals surface area contributed by atoms with Crippen molar-refractivity contribution in [2.75, 3.05) is 30.5 Å². The molecule has 1 aliphatic rings. The molecule has 0 unspecified atom stereocenters. The maximum absolute atomic E-state index is 12.8. The zero-order valence-corrected chi connectivity index (χ0v) is 20.2. The number of halogens is 3. The van der Waals surface area contributed by atoms with Crippen LogP contribution >= 0.6 is 0 Å². The van der Waals surface area contributed by atoms with Gasteiger partial charge in [-0.1, -0.05) is 18.2 Å². The second kappa shape index (κ2) is 11.2. The van der Waals surface area contributed by atoms with Crippen molar-refractivity contribution in [3.05, 3.63) is 78.4 Å². The summed E-state index contributed by atoms with van der Waals surface area (Å²) in [5, 5.41) is 2.26. The lowest BCUT2D eigenvalue weighted by Crippen LogP contribution is -2.28. The summed E-state index contributed by atoms with van der Waals surface area (Å²) in [7, 11) is 1.54. The average molecular weight is 528 g/mol. The molecule has 38 heavy (non-hydrogen) atoms. The number of esters is 1. The van der Waals surface area contributed by atoms with Crippen LogP contribution in [0.3, 0.4) is 0 Å². The minimum Gasteiger partial charge on any atom is -0.493 e. The van der Waals surface area contributed by atoms with Crippen LogP contribution in [0.2, 0.25) is 0 Å². The van der Waals surface area contributed by atoms with Crippen molar-refractivity contribution in [2.45, 2.75) is 12.6 Å². The van der Waals surface area contributed by atoms with Gasteiger partial charge in [0.05, 0.1) is 18.6 Å². The molecule has 11 heteroatoms. The van der Waals surface area contributed by atoms with Crippen molar-refractivity contribution in [3.8, 4) is 17.2 Å². The number of para-hydroxylation sites is 2. The number of nitrogens with zero attached hydrogens (tertiary/aromatic N) is 1. The first kappa shape index (κ1) is 26.5. The van der Waals surface area contributed by atoms with Gasteiger partial charge in [0, 0.05) is 24.3 Å². The standard InChI is InChI=1S/C27H23F3N2O6/c1-36-22-7-2-3-8-23(22)38-21-11-9-20(10-12-21)32-15-17(13-25(32)34)26(35)37-16-24(33)31-19-6-4-5-18(14-19)27(28,29)30/h2-12,14,17H,13,15-16H2,1H3,(H,31,33)/t17-/m0/s1. The number of anilines is 2. The average Bonchev–Trinajstić information content (AvgIpc) is 3.29. The Hall–Kier alpha value is -4.54. The van der Waals surface area contributed by atoms with Crippen LogP contribution in [0.25, 0.3) is 0 Å². The smallest absolute Gasteiger partial charge is 0.416 e. The second-order valence-corrected chi connectivity index (χ2v) is 8.39. The fourth-order valence-corrected chi connectivity index (χ4v) is 3.86. The number of nitrogens with one attached hydrogen (secondary N) is 1. The number of carbonyl (C=O) groups is 3. The molecule has 1 N–H and O–H groups in total. The lowest BCUT2D eigenvalue weighted by molar-refractivity contribution is -0.151. The van der Waals surface area contributed by atoms with Gasteiger partial charge < -0.3 is 24.4 Å². The molecule has 1 heterocycles. The van der Waals surface area contributed by atoms with E-state index in [0.717, 1.165) is 18.2 Å². The molecule has 0 saturated carbocycles. The highest BCUT2D eigenvalue weighted by Crippen LogP contribution is 2.33. The first-order chi connectivity index (χ1) is 18.1. The van der Waals surface area contributed by atoms with Crippen molar-refractivity contribution in [2.24, 2.45) is 5.92 Å². The third kappa shape index (κ3) is 6.41. The number of rotatable bonds is 8. The van der Waals surface area contributed by atoms with E-state index in [1.54, 1.807) is 36.4 Å². The lowest BCUT2D eigenvalue weighted by atomic mass is 10.1. The Bertz CT molecular complexity index is 1330. The normalized spacial score (nSPS) is 15.2. The summed E-state index contributed by atoms with van der Waals surface area (Å²) in [6.07, 6.45) is -4.66. The Labute approximate surface area is 215 Å². The van der Waals surface area contributed by atoms with E-state index in [1.807, 2.05) is 12.1 Å². The molecule has 198 valence electrons. The van der Waals surface area contributed by atoms with Crippen molar-refractivity contribution >= 4 is 29.2 Å². The molecular formula is C27H23F3N2O6. The van der Waals surface area contributed by atoms with Crippen LogP contribution in [0.1, 0.15) is 12.0 Å². The van der Waals surface area contributed by atoms with E-state index in [2.05, 4.69) is 5.32 Å². The molecular weight excluding hydrogens is 505 g/mol. The predicted octanol–water partition coefficient (Wildman–Crippen LogP) is 5.04. The van der Waals surface area contributed by atoms with Crippen molar-refractivity contribution in [1.29, 1.82) is 0 Å². The summed E-state index contributed by atoms with van der Waals surface area (Å²) < 4.78 is 54.6. The van der Waals surface area contributed by atoms with Gasteiger partial charge in [-0.15, -0.1) is 0 Å². The number of carbonyl (C=O) groups excluding carboxylic acids is 3. The summed E-state index contributed by atoms with van der Waals surface area (Å²) in [6.45, 7) is -0.644. The molecule has 0 bridgehead atoms. The largest absolute Gasteiger partial charge is 0.493 e. The minimum atomic E-state index is -4.56. The molecule has 0 radical (unpaired) electrons. The number of amides is 2. The molecule has 3 aromatic carbocycles. The van der Waals surface area contributed by atoms with Crippen LogP contribution in [-0.4, -0.2) is 38.0 Å². The molecule has 4 rings (SSSR count). The van der Waals surface area contributed by atoms with Crippen LogP contribution in [0, 0.1) is 5.92 Å². The zero-order chi connectivity index (χ0) is 27.3. The molecule has 3 aromatic rings. The molecule has 0 aromatic heterocycles. The molecule has 1 saturated heterocycles. The van der Waals surface area contributed by atoms with E-state index < -0.39 is 36.1 Å². The van der Waals surface area contributed by atoms with Gasteiger partial charge in [0.25, 0.3) is 5.91 Å². The maximum atomic E-state index is 12.8. The van der Waals surface area contributed by atoms with E-state index in [1.165, 1.54) is 18.1 Å². The lowest BCUT2D eigenvalue weighted by Gasteiger charge is -2.17. The quantitative estimate of drug-likeness (QED) is 0.412. The van der Waals surface area contributed by atoms with Gasteiger partial charge in [-0.05, 0) is 54.6 Å². The molecule has 1 aliphatic heterocycles. The highest BCUT2D eigenvalue weighted by atomic mass is 19.4. The molecule has 8 nitrogen and oxygen atoms in total. The molecule has 1 atom stereocenters. The summed E-state index contributed by atoms with van der Waals surface area (Å²) in [5.74, 6) is -1.03. The van der Waals surface area contributed by atoms with E-state index >= 15 is 0 Å². The Kier molecular flexibility index (Phi) is 7.85. The Balaban J connectivity index is 1.30. The summed E-state index contributed by atoms with van der Waals surface area (Å²) in [4.78, 5) is 38.5. The Morgan fingerprint density at radius 1 is 1.00 bits per heavy atom. The van der Waals surface area contributed by atoms with Crippen molar-refractivity contribution in [1.82, 2.24) is 0 Å². The van der Waals surface area contributed by atoms with E-state index in [9.17, 15) is 27.6 Å². The summed E-state index contributed by atoms with van der Waals surface area (Å²) >= 11 is 0. The molecule has 2 amide bonds. The number of benzene rings is 3. The van der Waals surface area contributed by atoms with Crippen LogP contribution in [0.5, 0.6) is 17.2 Å². The van der Waals surface area contributed by atoms with Gasteiger partial charge in [-0.2, -0.15) is 13.2 Å². The number of ether oxygens (including phenoxy) is 3. The highest BCUT2D eigenvalue weighted by molar-refractivity contribution is 6.00. The monoisotopic (exact) mass is 528 g/mol. The zero-order valence-electron chi connectivity index (χ0n) is 20.2. The van der Waals surface area contributed by atoms with Gasteiger partial charge in [-0.25, -0.2) is 0 Å². The minimum absolute atomic E-state index is 0.0552.